The Balaban J connectivity index is 2.24. The lowest BCUT2D eigenvalue weighted by molar-refractivity contribution is 0.0304. The molecule has 0 saturated carbocycles. The third-order valence-electron chi connectivity index (χ3n) is 2.63. The van der Waals surface area contributed by atoms with Gasteiger partial charge in [-0.15, -0.1) is 0 Å². The third-order valence-corrected chi connectivity index (χ3v) is 3.23. The molecule has 5 heteroatoms. The Hall–Kier alpha value is -1.22. The molecule has 20 heavy (non-hydrogen) atoms. The summed E-state index contributed by atoms with van der Waals surface area (Å²) in [5.41, 5.74) is 1.03. The van der Waals surface area contributed by atoms with Crippen LogP contribution in [0, 0.1) is 0 Å². The lowest BCUT2D eigenvalue weighted by Gasteiger charge is -2.24. The van der Waals surface area contributed by atoms with Gasteiger partial charge in [0.25, 0.3) is 0 Å². The molecular weight excluding hydrogens is 319 g/mol. The van der Waals surface area contributed by atoms with Gasteiger partial charge in [0.05, 0.1) is 5.56 Å². The van der Waals surface area contributed by atoms with Crippen molar-refractivity contribution < 1.29 is 9.53 Å². The molecule has 104 valence electrons. The fourth-order valence-electron chi connectivity index (χ4n) is 1.70. The number of alkyl halides is 3. The number of hydrogen-bond acceptors (Lipinski definition) is 2. The molecule has 0 radical (unpaired) electrons. The molecule has 0 spiro atoms. The van der Waals surface area contributed by atoms with Crippen LogP contribution in [-0.4, -0.2) is 9.76 Å². The highest BCUT2D eigenvalue weighted by atomic mass is 35.6. The van der Waals surface area contributed by atoms with E-state index < -0.39 is 15.9 Å². The van der Waals surface area contributed by atoms with Gasteiger partial charge in [-0.25, -0.2) is 4.79 Å². The summed E-state index contributed by atoms with van der Waals surface area (Å²) in [4.78, 5) is 12.1. The van der Waals surface area contributed by atoms with Gasteiger partial charge in [0.15, 0.2) is 6.10 Å². The van der Waals surface area contributed by atoms with Crippen molar-refractivity contribution in [3.8, 4) is 0 Å². The minimum absolute atomic E-state index is 0.405. The zero-order valence-electron chi connectivity index (χ0n) is 10.3. The maximum Gasteiger partial charge on any atom is 0.338 e. The highest BCUT2D eigenvalue weighted by molar-refractivity contribution is 6.68. The summed E-state index contributed by atoms with van der Waals surface area (Å²) in [6, 6.07) is 17.5. The lowest BCUT2D eigenvalue weighted by Crippen LogP contribution is -2.23. The molecule has 2 nitrogen and oxygen atoms in total. The largest absolute Gasteiger partial charge is 0.449 e. The van der Waals surface area contributed by atoms with Gasteiger partial charge in [-0.3, -0.25) is 0 Å². The number of benzene rings is 2. The van der Waals surface area contributed by atoms with Crippen molar-refractivity contribution in [2.45, 2.75) is 9.90 Å². The quantitative estimate of drug-likeness (QED) is 0.588. The van der Waals surface area contributed by atoms with Crippen LogP contribution in [-0.2, 0) is 4.74 Å². The third kappa shape index (κ3) is 3.89. The van der Waals surface area contributed by atoms with Crippen LogP contribution in [0.5, 0.6) is 0 Å². The van der Waals surface area contributed by atoms with E-state index in [-0.39, 0.29) is 0 Å². The first-order valence-corrected chi connectivity index (χ1v) is 6.99. The van der Waals surface area contributed by atoms with Crippen molar-refractivity contribution >= 4 is 40.8 Å². The summed E-state index contributed by atoms with van der Waals surface area (Å²) < 4.78 is 3.61. The van der Waals surface area contributed by atoms with Crippen LogP contribution in [0.3, 0.4) is 0 Å². The van der Waals surface area contributed by atoms with E-state index in [4.69, 9.17) is 39.5 Å². The molecule has 0 aromatic heterocycles. The Bertz CT molecular complexity index is 565. The number of halogens is 3. The fraction of sp³-hybridized carbons (Fsp3) is 0.133. The summed E-state index contributed by atoms with van der Waals surface area (Å²) in [6.07, 6.45) is -0.971. The van der Waals surface area contributed by atoms with Gasteiger partial charge in [-0.1, -0.05) is 83.3 Å². The Morgan fingerprint density at radius 2 is 1.40 bits per heavy atom. The molecule has 1 unspecified atom stereocenters. The Kier molecular flexibility index (Phi) is 4.92. The van der Waals surface area contributed by atoms with E-state index in [0.29, 0.717) is 11.1 Å². The van der Waals surface area contributed by atoms with Gasteiger partial charge in [0.2, 0.25) is 3.79 Å². The summed E-state index contributed by atoms with van der Waals surface area (Å²) in [6.45, 7) is 0. The first-order chi connectivity index (χ1) is 9.48. The van der Waals surface area contributed by atoms with Crippen LogP contribution in [0.15, 0.2) is 60.7 Å². The molecule has 0 amide bonds. The van der Waals surface area contributed by atoms with Crippen LogP contribution in [0.2, 0.25) is 0 Å². The molecule has 0 fully saturated rings. The highest BCUT2D eigenvalue weighted by Gasteiger charge is 2.37. The minimum atomic E-state index is -1.74. The maximum atomic E-state index is 12.1. The number of rotatable bonds is 3. The van der Waals surface area contributed by atoms with Crippen molar-refractivity contribution in [2.75, 3.05) is 0 Å². The molecule has 2 rings (SSSR count). The van der Waals surface area contributed by atoms with E-state index in [1.54, 1.807) is 54.6 Å². The predicted molar refractivity (Wildman–Crippen MR) is 81.3 cm³/mol. The molecule has 0 aliphatic carbocycles. The van der Waals surface area contributed by atoms with Crippen LogP contribution >= 0.6 is 34.8 Å². The van der Waals surface area contributed by atoms with Gasteiger partial charge in [-0.05, 0) is 17.7 Å². The van der Waals surface area contributed by atoms with Gasteiger partial charge < -0.3 is 4.74 Å². The van der Waals surface area contributed by atoms with E-state index in [9.17, 15) is 4.79 Å². The van der Waals surface area contributed by atoms with Gasteiger partial charge in [0.1, 0.15) is 0 Å². The first-order valence-electron chi connectivity index (χ1n) is 5.86. The number of carbonyl (C=O) groups excluding carboxylic acids is 1. The van der Waals surface area contributed by atoms with E-state index in [1.165, 1.54) is 0 Å². The lowest BCUT2D eigenvalue weighted by atomic mass is 10.1. The second-order valence-electron chi connectivity index (χ2n) is 4.10. The summed E-state index contributed by atoms with van der Waals surface area (Å²) in [5.74, 6) is -0.536. The number of esters is 1. The van der Waals surface area contributed by atoms with Crippen LogP contribution in [0.4, 0.5) is 0 Å². The van der Waals surface area contributed by atoms with Crippen molar-refractivity contribution in [3.63, 3.8) is 0 Å². The number of ether oxygens (including phenoxy) is 1. The summed E-state index contributed by atoms with van der Waals surface area (Å²) in [7, 11) is 0. The number of hydrogen-bond donors (Lipinski definition) is 0. The smallest absolute Gasteiger partial charge is 0.338 e. The summed E-state index contributed by atoms with van der Waals surface area (Å²) >= 11 is 17.8. The Morgan fingerprint density at radius 3 is 1.90 bits per heavy atom. The molecule has 0 heterocycles. The fourth-order valence-corrected chi connectivity index (χ4v) is 2.21. The second-order valence-corrected chi connectivity index (χ2v) is 6.47. The Labute approximate surface area is 132 Å². The van der Waals surface area contributed by atoms with Crippen molar-refractivity contribution in [2.24, 2.45) is 0 Å². The van der Waals surface area contributed by atoms with E-state index in [2.05, 4.69) is 0 Å². The topological polar surface area (TPSA) is 26.3 Å². The second kappa shape index (κ2) is 6.49. The molecule has 2 aromatic rings. The monoisotopic (exact) mass is 328 g/mol. The van der Waals surface area contributed by atoms with Crippen LogP contribution in [0.1, 0.15) is 22.0 Å². The van der Waals surface area contributed by atoms with E-state index in [1.807, 2.05) is 6.07 Å². The molecule has 1 atom stereocenters. The van der Waals surface area contributed by atoms with Gasteiger partial charge in [0, 0.05) is 0 Å². The van der Waals surface area contributed by atoms with E-state index >= 15 is 0 Å². The predicted octanol–water partition coefficient (Wildman–Crippen LogP) is 4.95. The molecule has 0 saturated heterocycles. The average molecular weight is 330 g/mol. The Morgan fingerprint density at radius 1 is 0.900 bits per heavy atom. The van der Waals surface area contributed by atoms with E-state index in [0.717, 1.165) is 0 Å². The van der Waals surface area contributed by atoms with Crippen LogP contribution in [0.25, 0.3) is 0 Å². The average Bonchev–Trinajstić information content (AvgIpc) is 2.45. The van der Waals surface area contributed by atoms with Crippen LogP contribution < -0.4 is 0 Å². The maximum absolute atomic E-state index is 12.1. The van der Waals surface area contributed by atoms with Gasteiger partial charge in [-0.2, -0.15) is 0 Å². The number of carbonyl (C=O) groups is 1. The standard InChI is InChI=1S/C15H11Cl3O2/c16-15(17,18)13(11-7-3-1-4-8-11)20-14(19)12-9-5-2-6-10-12/h1-10,13H. The van der Waals surface area contributed by atoms with Crippen molar-refractivity contribution in [3.05, 3.63) is 71.8 Å². The highest BCUT2D eigenvalue weighted by Crippen LogP contribution is 2.42. The zero-order valence-corrected chi connectivity index (χ0v) is 12.6. The molecule has 0 bridgehead atoms. The molecule has 0 aliphatic rings. The normalized spacial score (nSPS) is 12.8. The molecular formula is C15H11Cl3O2. The SMILES string of the molecule is O=C(OC(c1ccccc1)C(Cl)(Cl)Cl)c1ccccc1. The molecule has 0 aliphatic heterocycles. The molecule has 2 aromatic carbocycles. The van der Waals surface area contributed by atoms with Crippen molar-refractivity contribution in [1.82, 2.24) is 0 Å². The zero-order chi connectivity index (χ0) is 14.6. The summed E-state index contributed by atoms with van der Waals surface area (Å²) in [5, 5.41) is 0. The first kappa shape index (κ1) is 15.2. The van der Waals surface area contributed by atoms with Gasteiger partial charge >= 0.3 is 5.97 Å². The molecule has 0 N–H and O–H groups in total. The van der Waals surface area contributed by atoms with Crippen molar-refractivity contribution in [1.29, 1.82) is 0 Å². The minimum Gasteiger partial charge on any atom is -0.449 e.